The van der Waals surface area contributed by atoms with Gasteiger partial charge in [0.2, 0.25) is 5.78 Å². The van der Waals surface area contributed by atoms with Crippen LogP contribution in [-0.4, -0.2) is 53.4 Å². The van der Waals surface area contributed by atoms with Gasteiger partial charge in [-0.2, -0.15) is 0 Å². The van der Waals surface area contributed by atoms with Gasteiger partial charge in [-0.15, -0.1) is 0 Å². The highest BCUT2D eigenvalue weighted by molar-refractivity contribution is 6.01. The average molecular weight is 564 g/mol. The number of aliphatic hydroxyl groups excluding tert-OH is 1. The van der Waals surface area contributed by atoms with Gasteiger partial charge in [-0.05, 0) is 94.2 Å². The summed E-state index contributed by atoms with van der Waals surface area (Å²) in [6.07, 6.45) is 8.50. The number of nitrogens with one attached hydrogen (secondary N) is 1. The first kappa shape index (κ1) is 28.6. The van der Waals surface area contributed by atoms with Gasteiger partial charge in [-0.25, -0.2) is 0 Å². The number of ether oxygens (including phenoxy) is 3. The zero-order valence-electron chi connectivity index (χ0n) is 25.0. The molecular weight excluding hydrogens is 518 g/mol. The zero-order chi connectivity index (χ0) is 29.2. The Bertz CT molecular complexity index is 1250. The van der Waals surface area contributed by atoms with Crippen molar-refractivity contribution in [2.24, 2.45) is 28.6 Å². The minimum atomic E-state index is -1.17. The molecule has 0 spiro atoms. The van der Waals surface area contributed by atoms with E-state index in [0.717, 1.165) is 43.4 Å². The molecule has 2 N–H and O–H groups in total. The molecule has 222 valence electrons. The summed E-state index contributed by atoms with van der Waals surface area (Å²) >= 11 is 0. The molecule has 1 heterocycles. The molecule has 5 aliphatic rings. The molecule has 0 aromatic heterocycles. The lowest BCUT2D eigenvalue weighted by Crippen LogP contribution is -2.63. The number of anilines is 1. The second-order valence-electron chi connectivity index (χ2n) is 13.7. The highest BCUT2D eigenvalue weighted by Crippen LogP contribution is 2.69. The van der Waals surface area contributed by atoms with Gasteiger partial charge in [-0.3, -0.25) is 9.59 Å². The van der Waals surface area contributed by atoms with E-state index in [1.165, 1.54) is 0 Å². The summed E-state index contributed by atoms with van der Waals surface area (Å²) in [4.78, 5) is 26.5. The number of aliphatic hydroxyl groups is 1. The third kappa shape index (κ3) is 4.42. The number of allylic oxidation sites excluding steroid dienone is 4. The fourth-order valence-corrected chi connectivity index (χ4v) is 9.24. The van der Waals surface area contributed by atoms with E-state index in [2.05, 4.69) is 39.9 Å². The van der Waals surface area contributed by atoms with Crippen LogP contribution in [0.5, 0.6) is 5.75 Å². The normalized spacial score (nSPS) is 40.9. The van der Waals surface area contributed by atoms with Crippen molar-refractivity contribution in [2.45, 2.75) is 103 Å². The van der Waals surface area contributed by atoms with Crippen LogP contribution in [0, 0.1) is 28.6 Å². The molecule has 4 fully saturated rings. The quantitative estimate of drug-likeness (QED) is 0.424. The monoisotopic (exact) mass is 563 g/mol. The predicted octanol–water partition coefficient (Wildman–Crippen LogP) is 5.62. The molecule has 1 aromatic rings. The number of benzene rings is 1. The van der Waals surface area contributed by atoms with Gasteiger partial charge in [0.25, 0.3) is 0 Å². The summed E-state index contributed by atoms with van der Waals surface area (Å²) in [5.74, 6) is 0.881. The van der Waals surface area contributed by atoms with Gasteiger partial charge in [0.05, 0.1) is 12.2 Å². The molecule has 1 aliphatic heterocycles. The molecule has 9 unspecified atom stereocenters. The molecule has 3 saturated carbocycles. The molecule has 1 saturated heterocycles. The highest BCUT2D eigenvalue weighted by Gasteiger charge is 2.75. The average Bonchev–Trinajstić information content (AvgIpc) is 3.40. The molecule has 7 heteroatoms. The van der Waals surface area contributed by atoms with Gasteiger partial charge in [0.1, 0.15) is 12.4 Å². The summed E-state index contributed by atoms with van der Waals surface area (Å²) in [6, 6.07) is 7.99. The summed E-state index contributed by atoms with van der Waals surface area (Å²) in [5.41, 5.74) is -0.00821. The third-order valence-electron chi connectivity index (χ3n) is 10.9. The summed E-state index contributed by atoms with van der Waals surface area (Å²) in [7, 11) is 0. The van der Waals surface area contributed by atoms with Crippen LogP contribution in [0.3, 0.4) is 0 Å². The third-order valence-corrected chi connectivity index (χ3v) is 10.9. The molecule has 41 heavy (non-hydrogen) atoms. The van der Waals surface area contributed by atoms with Crippen LogP contribution in [0.1, 0.15) is 73.1 Å². The molecule has 9 atom stereocenters. The summed E-state index contributed by atoms with van der Waals surface area (Å²) in [6.45, 7) is 10.5. The highest BCUT2D eigenvalue weighted by atomic mass is 16.7. The Morgan fingerprint density at radius 3 is 2.68 bits per heavy atom. The van der Waals surface area contributed by atoms with Gasteiger partial charge < -0.3 is 24.6 Å². The van der Waals surface area contributed by atoms with Crippen LogP contribution >= 0.6 is 0 Å². The molecule has 1 aromatic carbocycles. The molecule has 0 radical (unpaired) electrons. The van der Waals surface area contributed by atoms with Crippen LogP contribution in [0.25, 0.3) is 0 Å². The van der Waals surface area contributed by atoms with E-state index in [9.17, 15) is 14.7 Å². The Kier molecular flexibility index (Phi) is 7.23. The minimum absolute atomic E-state index is 0.0171. The molecule has 6 rings (SSSR count). The van der Waals surface area contributed by atoms with E-state index in [1.807, 2.05) is 30.3 Å². The lowest BCUT2D eigenvalue weighted by Gasteiger charge is -2.59. The number of Topliss-reactive ketones (excluding diaryl/α,β-unsaturated/α-hetero) is 1. The standard InChI is InChI=1S/C34H45NO6/c1-6-7-30-40-29-17-26-25-13-8-21-16-23(36)14-15-32(21,4)31(25)27(37)18-33(26,5)34(29,41-30)28(38)19-39-24-11-9-22(10-12-24)35-20(2)3/h9-12,14-16,20,25-27,29-31,35,37H,6-8,13,17-19H2,1-5H3. The van der Waals surface area contributed by atoms with Crippen molar-refractivity contribution in [1.29, 1.82) is 0 Å². The number of hydrogen-bond acceptors (Lipinski definition) is 7. The number of fused-ring (bicyclic) bond motifs is 7. The fourth-order valence-electron chi connectivity index (χ4n) is 9.24. The second-order valence-corrected chi connectivity index (χ2v) is 13.7. The number of hydrogen-bond donors (Lipinski definition) is 2. The van der Waals surface area contributed by atoms with Crippen molar-refractivity contribution in [3.05, 3.63) is 48.1 Å². The minimum Gasteiger partial charge on any atom is -0.486 e. The fraction of sp³-hybridized carbons (Fsp3) is 0.647. The SMILES string of the molecule is CCCC1OC2CC3C4CCC5=CC(=O)C=CC5(C)C4C(O)CC3(C)C2(C(=O)COc2ccc(NC(C)C)cc2)O1. The van der Waals surface area contributed by atoms with E-state index in [1.54, 1.807) is 12.2 Å². The molecule has 0 bridgehead atoms. The Balaban J connectivity index is 1.29. The van der Waals surface area contributed by atoms with E-state index in [-0.39, 0.29) is 47.4 Å². The Labute approximate surface area is 243 Å². The number of ketones is 2. The first-order valence-electron chi connectivity index (χ1n) is 15.5. The largest absolute Gasteiger partial charge is 0.486 e. The van der Waals surface area contributed by atoms with Crippen molar-refractivity contribution >= 4 is 17.3 Å². The first-order chi connectivity index (χ1) is 19.5. The van der Waals surface area contributed by atoms with Gasteiger partial charge in [0, 0.05) is 28.5 Å². The second kappa shape index (κ2) is 10.4. The Hall–Kier alpha value is -2.48. The van der Waals surface area contributed by atoms with Crippen LogP contribution < -0.4 is 10.1 Å². The lowest BCUT2D eigenvalue weighted by atomic mass is 9.46. The van der Waals surface area contributed by atoms with E-state index >= 15 is 0 Å². The van der Waals surface area contributed by atoms with Gasteiger partial charge in [-0.1, -0.05) is 38.8 Å². The van der Waals surface area contributed by atoms with E-state index in [0.29, 0.717) is 18.2 Å². The topological polar surface area (TPSA) is 94.1 Å². The molecule has 0 amide bonds. The maximum Gasteiger partial charge on any atom is 0.205 e. The van der Waals surface area contributed by atoms with Crippen LogP contribution in [0.4, 0.5) is 5.69 Å². The van der Waals surface area contributed by atoms with E-state index in [4.69, 9.17) is 14.2 Å². The van der Waals surface area contributed by atoms with E-state index < -0.39 is 23.4 Å². The van der Waals surface area contributed by atoms with Crippen molar-refractivity contribution in [3.63, 3.8) is 0 Å². The number of carbonyl (C=O) groups is 2. The van der Waals surface area contributed by atoms with Gasteiger partial charge >= 0.3 is 0 Å². The number of rotatable bonds is 8. The van der Waals surface area contributed by atoms with Crippen molar-refractivity contribution < 1.29 is 28.9 Å². The molecule has 4 aliphatic carbocycles. The van der Waals surface area contributed by atoms with Crippen molar-refractivity contribution in [3.8, 4) is 5.75 Å². The molecular formula is C34H45NO6. The van der Waals surface area contributed by atoms with Crippen LogP contribution in [-0.2, 0) is 19.1 Å². The first-order valence-corrected chi connectivity index (χ1v) is 15.5. The maximum atomic E-state index is 14.4. The predicted molar refractivity (Wildman–Crippen MR) is 156 cm³/mol. The van der Waals surface area contributed by atoms with Gasteiger partial charge in [0.15, 0.2) is 17.7 Å². The summed E-state index contributed by atoms with van der Waals surface area (Å²) in [5, 5.41) is 15.2. The lowest BCUT2D eigenvalue weighted by molar-refractivity contribution is -0.200. The van der Waals surface area contributed by atoms with Crippen LogP contribution in [0.2, 0.25) is 0 Å². The van der Waals surface area contributed by atoms with Crippen molar-refractivity contribution in [2.75, 3.05) is 11.9 Å². The Morgan fingerprint density at radius 2 is 1.98 bits per heavy atom. The Morgan fingerprint density at radius 1 is 1.22 bits per heavy atom. The maximum absolute atomic E-state index is 14.4. The summed E-state index contributed by atoms with van der Waals surface area (Å²) < 4.78 is 19.3. The van der Waals surface area contributed by atoms with Crippen LogP contribution in [0.15, 0.2) is 48.1 Å². The van der Waals surface area contributed by atoms with Crippen molar-refractivity contribution in [1.82, 2.24) is 0 Å². The zero-order valence-corrected chi connectivity index (χ0v) is 25.0. The smallest absolute Gasteiger partial charge is 0.205 e. The molecule has 7 nitrogen and oxygen atoms in total. The number of carbonyl (C=O) groups excluding carboxylic acids is 2.